The summed E-state index contributed by atoms with van der Waals surface area (Å²) < 4.78 is 56.9. The number of benzene rings is 1. The fourth-order valence-electron chi connectivity index (χ4n) is 3.49. The number of hydrogen-bond donors (Lipinski definition) is 0. The zero-order chi connectivity index (χ0) is 25.8. The Morgan fingerprint density at radius 1 is 1.03 bits per heavy atom. The Kier molecular flexibility index (Phi) is 8.46. The maximum Gasteiger partial charge on any atom is 0.398 e. The molecule has 35 heavy (non-hydrogen) atoms. The highest BCUT2D eigenvalue weighted by molar-refractivity contribution is 5.84. The van der Waals surface area contributed by atoms with E-state index in [9.17, 15) is 18.0 Å². The number of furan rings is 1. The molecule has 0 aliphatic heterocycles. The first-order valence-corrected chi connectivity index (χ1v) is 11.9. The van der Waals surface area contributed by atoms with E-state index in [0.717, 1.165) is 35.2 Å². The second kappa shape index (κ2) is 11.1. The molecule has 0 fully saturated rings. The fourth-order valence-corrected chi connectivity index (χ4v) is 3.49. The van der Waals surface area contributed by atoms with Crippen LogP contribution >= 0.6 is 0 Å². The highest BCUT2D eigenvalue weighted by Crippen LogP contribution is 2.33. The zero-order valence-corrected chi connectivity index (χ0v) is 20.7. The van der Waals surface area contributed by atoms with Crippen molar-refractivity contribution in [3.8, 4) is 17.1 Å². The summed E-state index contributed by atoms with van der Waals surface area (Å²) in [6, 6.07) is 10.7. The first-order valence-electron chi connectivity index (χ1n) is 11.9. The largest absolute Gasteiger partial charge is 0.493 e. The van der Waals surface area contributed by atoms with Gasteiger partial charge in [-0.15, -0.1) is 0 Å². The summed E-state index contributed by atoms with van der Waals surface area (Å²) in [6.07, 6.45) is -2.99. The van der Waals surface area contributed by atoms with Crippen molar-refractivity contribution in [2.24, 2.45) is 17.8 Å². The Balaban J connectivity index is 1.74. The Morgan fingerprint density at radius 2 is 1.77 bits per heavy atom. The number of aromatic nitrogens is 1. The Labute approximate surface area is 203 Å². The predicted molar refractivity (Wildman–Crippen MR) is 128 cm³/mol. The number of rotatable bonds is 10. The normalized spacial score (nSPS) is 13.7. The molecule has 2 atom stereocenters. The fraction of sp³-hybridized carbons (Fsp3) is 0.481. The molecule has 0 N–H and O–H groups in total. The van der Waals surface area contributed by atoms with Crippen molar-refractivity contribution < 1.29 is 31.9 Å². The van der Waals surface area contributed by atoms with Crippen molar-refractivity contribution in [1.82, 2.24) is 4.98 Å². The summed E-state index contributed by atoms with van der Waals surface area (Å²) >= 11 is 0. The number of ether oxygens (including phenoxy) is 2. The molecule has 5 nitrogen and oxygen atoms in total. The second-order valence-corrected chi connectivity index (χ2v) is 9.03. The molecule has 2 heterocycles. The van der Waals surface area contributed by atoms with Crippen LogP contribution in [0.5, 0.6) is 5.75 Å². The summed E-state index contributed by atoms with van der Waals surface area (Å²) in [5.74, 6) is -2.22. The minimum absolute atomic E-state index is 0.0261. The minimum atomic E-state index is -4.57. The summed E-state index contributed by atoms with van der Waals surface area (Å²) in [5, 5.41) is 0.804. The molecular weight excluding hydrogens is 459 g/mol. The van der Waals surface area contributed by atoms with Crippen LogP contribution in [0.1, 0.15) is 46.0 Å². The van der Waals surface area contributed by atoms with E-state index in [1.54, 1.807) is 25.1 Å². The van der Waals surface area contributed by atoms with Gasteiger partial charge in [0.15, 0.2) is 0 Å². The molecule has 1 aromatic carbocycles. The van der Waals surface area contributed by atoms with Gasteiger partial charge in [0.25, 0.3) is 0 Å². The maximum absolute atomic E-state index is 13.5. The number of fused-ring (bicyclic) bond motifs is 1. The average Bonchev–Trinajstić information content (AvgIpc) is 3.25. The van der Waals surface area contributed by atoms with Gasteiger partial charge in [-0.3, -0.25) is 9.78 Å². The van der Waals surface area contributed by atoms with E-state index in [1.807, 2.05) is 45.9 Å². The lowest BCUT2D eigenvalue weighted by molar-refractivity contribution is -0.198. The highest BCUT2D eigenvalue weighted by Gasteiger charge is 2.41. The van der Waals surface area contributed by atoms with Gasteiger partial charge in [0.2, 0.25) is 0 Å². The predicted octanol–water partition coefficient (Wildman–Crippen LogP) is 7.01. The third-order valence-electron chi connectivity index (χ3n) is 6.20. The second-order valence-electron chi connectivity index (χ2n) is 9.03. The number of halogens is 3. The van der Waals surface area contributed by atoms with Crippen LogP contribution in [0.2, 0.25) is 0 Å². The third-order valence-corrected chi connectivity index (χ3v) is 6.20. The molecule has 3 aromatic rings. The van der Waals surface area contributed by atoms with Gasteiger partial charge in [-0.05, 0) is 49.1 Å². The van der Waals surface area contributed by atoms with Crippen LogP contribution in [0.4, 0.5) is 13.2 Å². The lowest BCUT2D eigenvalue weighted by Crippen LogP contribution is -2.34. The lowest BCUT2D eigenvalue weighted by atomic mass is 9.98. The molecule has 0 radical (unpaired) electrons. The van der Waals surface area contributed by atoms with Gasteiger partial charge in [-0.1, -0.05) is 34.6 Å². The van der Waals surface area contributed by atoms with Gasteiger partial charge < -0.3 is 13.9 Å². The van der Waals surface area contributed by atoms with E-state index >= 15 is 0 Å². The molecule has 8 heteroatoms. The zero-order valence-electron chi connectivity index (χ0n) is 20.7. The van der Waals surface area contributed by atoms with Crippen LogP contribution in [-0.4, -0.2) is 30.3 Å². The van der Waals surface area contributed by atoms with E-state index < -0.39 is 37.2 Å². The average molecular weight is 492 g/mol. The number of nitrogens with zero attached hydrogens (tertiary/aromatic N) is 1. The molecule has 0 spiro atoms. The lowest BCUT2D eigenvalue weighted by Gasteiger charge is -2.22. The van der Waals surface area contributed by atoms with Crippen LogP contribution in [0.15, 0.2) is 40.8 Å². The number of carbonyl (C=O) groups excluding carboxylic acids is 1. The SMILES string of the molecule is CCc1ccc(-c2cc3ccc(OCC(COC(=O)C(C)C(C)C)C(F)(F)F)cc3o2)c(CC)n1. The van der Waals surface area contributed by atoms with Crippen molar-refractivity contribution in [3.63, 3.8) is 0 Å². The van der Waals surface area contributed by atoms with Crippen molar-refractivity contribution in [2.75, 3.05) is 13.2 Å². The van der Waals surface area contributed by atoms with E-state index in [2.05, 4.69) is 4.98 Å². The summed E-state index contributed by atoms with van der Waals surface area (Å²) in [7, 11) is 0. The quantitative estimate of drug-likeness (QED) is 0.286. The molecular formula is C27H32F3NO4. The number of alkyl halides is 3. The Hall–Kier alpha value is -3.03. The van der Waals surface area contributed by atoms with E-state index in [-0.39, 0.29) is 11.7 Å². The van der Waals surface area contributed by atoms with Crippen LogP contribution in [-0.2, 0) is 22.4 Å². The first-order chi connectivity index (χ1) is 16.5. The van der Waals surface area contributed by atoms with Crippen LogP contribution < -0.4 is 4.74 Å². The smallest absolute Gasteiger partial charge is 0.398 e. The molecule has 0 aliphatic carbocycles. The molecule has 3 rings (SSSR count). The number of carbonyl (C=O) groups is 1. The van der Waals surface area contributed by atoms with Crippen LogP contribution in [0.25, 0.3) is 22.3 Å². The highest BCUT2D eigenvalue weighted by atomic mass is 19.4. The van der Waals surface area contributed by atoms with Gasteiger partial charge in [0, 0.05) is 22.7 Å². The molecule has 190 valence electrons. The molecule has 0 amide bonds. The molecule has 0 saturated heterocycles. The molecule has 0 aliphatic rings. The third kappa shape index (κ3) is 6.55. The van der Waals surface area contributed by atoms with Crippen molar-refractivity contribution in [3.05, 3.63) is 47.8 Å². The maximum atomic E-state index is 13.5. The minimum Gasteiger partial charge on any atom is -0.493 e. The standard InChI is InChI=1S/C27H32F3NO4/c1-6-20-9-11-22(23(7-2)31-20)25-12-18-8-10-21(13-24(18)35-25)33-14-19(27(28,29)30)15-34-26(32)17(5)16(3)4/h8-13,16-17,19H,6-7,14-15H2,1-5H3. The van der Waals surface area contributed by atoms with Crippen molar-refractivity contribution in [1.29, 1.82) is 0 Å². The summed E-state index contributed by atoms with van der Waals surface area (Å²) in [6.45, 7) is 7.87. The number of pyridine rings is 1. The van der Waals surface area contributed by atoms with Crippen molar-refractivity contribution >= 4 is 16.9 Å². The van der Waals surface area contributed by atoms with Gasteiger partial charge in [-0.25, -0.2) is 0 Å². The van der Waals surface area contributed by atoms with Crippen LogP contribution in [0.3, 0.4) is 0 Å². The molecule has 2 aromatic heterocycles. The van der Waals surface area contributed by atoms with E-state index in [0.29, 0.717) is 11.3 Å². The van der Waals surface area contributed by atoms with Gasteiger partial charge in [-0.2, -0.15) is 13.2 Å². The monoisotopic (exact) mass is 491 g/mol. The van der Waals surface area contributed by atoms with E-state index in [1.165, 1.54) is 0 Å². The topological polar surface area (TPSA) is 61.6 Å². The Morgan fingerprint density at radius 3 is 2.40 bits per heavy atom. The number of hydrogen-bond acceptors (Lipinski definition) is 5. The molecule has 0 saturated carbocycles. The first kappa shape index (κ1) is 26.6. The van der Waals surface area contributed by atoms with Crippen LogP contribution in [0, 0.1) is 17.8 Å². The number of aryl methyl sites for hydroxylation is 2. The number of esters is 1. The van der Waals surface area contributed by atoms with Crippen molar-refractivity contribution in [2.45, 2.75) is 53.6 Å². The summed E-state index contributed by atoms with van der Waals surface area (Å²) in [5.41, 5.74) is 3.31. The molecule has 2 unspecified atom stereocenters. The Bertz CT molecular complexity index is 1150. The van der Waals surface area contributed by atoms with E-state index in [4.69, 9.17) is 13.9 Å². The summed E-state index contributed by atoms with van der Waals surface area (Å²) in [4.78, 5) is 16.7. The van der Waals surface area contributed by atoms with Gasteiger partial charge >= 0.3 is 12.1 Å². The molecule has 0 bridgehead atoms. The van der Waals surface area contributed by atoms with Gasteiger partial charge in [0.05, 0.1) is 11.6 Å². The van der Waals surface area contributed by atoms with Gasteiger partial charge in [0.1, 0.15) is 36.2 Å².